The van der Waals surface area contributed by atoms with Gasteiger partial charge < -0.3 is 5.11 Å². The first-order valence-corrected chi connectivity index (χ1v) is 12.8. The summed E-state index contributed by atoms with van der Waals surface area (Å²) in [5.41, 5.74) is 0.651. The lowest BCUT2D eigenvalue weighted by Gasteiger charge is -2.35. The van der Waals surface area contributed by atoms with Crippen molar-refractivity contribution in [1.82, 2.24) is 0 Å². The van der Waals surface area contributed by atoms with Crippen molar-refractivity contribution >= 4 is 5.97 Å². The van der Waals surface area contributed by atoms with Crippen LogP contribution in [0.4, 0.5) is 0 Å². The van der Waals surface area contributed by atoms with Gasteiger partial charge in [0.15, 0.2) is 0 Å². The zero-order valence-electron chi connectivity index (χ0n) is 19.7. The van der Waals surface area contributed by atoms with Crippen molar-refractivity contribution < 1.29 is 9.90 Å². The van der Waals surface area contributed by atoms with Gasteiger partial charge in [-0.3, -0.25) is 4.79 Å². The van der Waals surface area contributed by atoms with Crippen molar-refractivity contribution in [2.24, 2.45) is 5.41 Å². The number of carboxylic acids is 1. The van der Waals surface area contributed by atoms with Gasteiger partial charge in [0, 0.05) is 6.42 Å². The summed E-state index contributed by atoms with van der Waals surface area (Å²) < 4.78 is 0. The highest BCUT2D eigenvalue weighted by Gasteiger charge is 2.27. The van der Waals surface area contributed by atoms with Crippen LogP contribution >= 0.6 is 0 Å². The summed E-state index contributed by atoms with van der Waals surface area (Å²) in [6.07, 6.45) is 27.3. The van der Waals surface area contributed by atoms with Gasteiger partial charge in [-0.2, -0.15) is 0 Å². The fraction of sp³-hybridized carbons (Fsp3) is 0.962. The second kappa shape index (κ2) is 19.8. The van der Waals surface area contributed by atoms with Crippen LogP contribution in [0, 0.1) is 5.41 Å². The van der Waals surface area contributed by atoms with E-state index < -0.39 is 5.97 Å². The molecule has 168 valence electrons. The van der Waals surface area contributed by atoms with Gasteiger partial charge in [-0.25, -0.2) is 0 Å². The predicted molar refractivity (Wildman–Crippen MR) is 124 cm³/mol. The molecule has 0 bridgehead atoms. The van der Waals surface area contributed by atoms with Gasteiger partial charge in [-0.1, -0.05) is 117 Å². The summed E-state index contributed by atoms with van der Waals surface area (Å²) >= 11 is 0. The van der Waals surface area contributed by atoms with E-state index in [-0.39, 0.29) is 0 Å². The standard InChI is InChI=1S/C26H52O2/c1-4-7-21-26(22-8-5-2,23-9-6-3)24-19-17-15-13-11-10-12-14-16-18-20-25(27)28/h4-24H2,1-3H3,(H,27,28). The molecule has 0 saturated carbocycles. The quantitative estimate of drug-likeness (QED) is 0.185. The largest absolute Gasteiger partial charge is 0.481 e. The predicted octanol–water partition coefficient (Wildman–Crippen LogP) is 9.31. The Morgan fingerprint density at radius 1 is 0.536 bits per heavy atom. The first kappa shape index (κ1) is 27.5. The zero-order chi connectivity index (χ0) is 20.9. The molecule has 0 aromatic rings. The topological polar surface area (TPSA) is 37.3 Å². The molecule has 0 fully saturated rings. The summed E-state index contributed by atoms with van der Waals surface area (Å²) in [5.74, 6) is -0.650. The Balaban J connectivity index is 3.88. The number of rotatable bonds is 22. The van der Waals surface area contributed by atoms with E-state index >= 15 is 0 Å². The fourth-order valence-corrected chi connectivity index (χ4v) is 4.60. The molecule has 0 amide bonds. The second-order valence-electron chi connectivity index (χ2n) is 9.24. The Labute approximate surface area is 177 Å². The molecule has 0 aromatic carbocycles. The highest BCUT2D eigenvalue weighted by Crippen LogP contribution is 2.41. The molecule has 0 spiro atoms. The van der Waals surface area contributed by atoms with Crippen molar-refractivity contribution in [2.75, 3.05) is 0 Å². The lowest BCUT2D eigenvalue weighted by Crippen LogP contribution is -2.21. The third-order valence-corrected chi connectivity index (χ3v) is 6.53. The van der Waals surface area contributed by atoms with Crippen molar-refractivity contribution in [1.29, 1.82) is 0 Å². The molecule has 28 heavy (non-hydrogen) atoms. The van der Waals surface area contributed by atoms with Crippen LogP contribution < -0.4 is 0 Å². The molecule has 0 aliphatic heterocycles. The number of hydrogen-bond acceptors (Lipinski definition) is 1. The molecule has 0 atom stereocenters. The highest BCUT2D eigenvalue weighted by molar-refractivity contribution is 5.66. The molecule has 0 aliphatic rings. The van der Waals surface area contributed by atoms with E-state index in [4.69, 9.17) is 5.11 Å². The first-order valence-electron chi connectivity index (χ1n) is 12.8. The van der Waals surface area contributed by atoms with Crippen LogP contribution in [0.5, 0.6) is 0 Å². The van der Waals surface area contributed by atoms with Crippen LogP contribution in [-0.4, -0.2) is 11.1 Å². The number of carboxylic acid groups (broad SMARTS) is 1. The molecule has 0 radical (unpaired) electrons. The summed E-state index contributed by atoms with van der Waals surface area (Å²) in [6, 6.07) is 0. The molecular formula is C26H52O2. The smallest absolute Gasteiger partial charge is 0.303 e. The molecule has 2 nitrogen and oxygen atoms in total. The monoisotopic (exact) mass is 396 g/mol. The molecule has 2 heteroatoms. The summed E-state index contributed by atoms with van der Waals surface area (Å²) in [7, 11) is 0. The third kappa shape index (κ3) is 16.4. The number of hydrogen-bond donors (Lipinski definition) is 1. The normalized spacial score (nSPS) is 11.8. The van der Waals surface area contributed by atoms with Gasteiger partial charge >= 0.3 is 5.97 Å². The Bertz CT molecular complexity index is 316. The van der Waals surface area contributed by atoms with Gasteiger partial charge in [0.25, 0.3) is 0 Å². The van der Waals surface area contributed by atoms with Crippen molar-refractivity contribution in [3.8, 4) is 0 Å². The summed E-state index contributed by atoms with van der Waals surface area (Å²) in [6.45, 7) is 7.03. The van der Waals surface area contributed by atoms with Crippen molar-refractivity contribution in [3.05, 3.63) is 0 Å². The fourth-order valence-electron chi connectivity index (χ4n) is 4.60. The van der Waals surface area contributed by atoms with E-state index in [9.17, 15) is 4.79 Å². The maximum absolute atomic E-state index is 10.5. The first-order chi connectivity index (χ1) is 13.6. The van der Waals surface area contributed by atoms with Gasteiger partial charge in [-0.15, -0.1) is 0 Å². The Morgan fingerprint density at radius 2 is 0.857 bits per heavy atom. The van der Waals surface area contributed by atoms with Gasteiger partial charge in [-0.05, 0) is 37.5 Å². The maximum Gasteiger partial charge on any atom is 0.303 e. The van der Waals surface area contributed by atoms with Crippen LogP contribution in [0.2, 0.25) is 0 Å². The van der Waals surface area contributed by atoms with Crippen molar-refractivity contribution in [3.63, 3.8) is 0 Å². The number of carbonyl (C=O) groups is 1. The number of aliphatic carboxylic acids is 1. The Kier molecular flexibility index (Phi) is 19.4. The van der Waals surface area contributed by atoms with E-state index in [1.165, 1.54) is 116 Å². The second-order valence-corrected chi connectivity index (χ2v) is 9.24. The zero-order valence-corrected chi connectivity index (χ0v) is 19.7. The van der Waals surface area contributed by atoms with Crippen LogP contribution in [0.1, 0.15) is 156 Å². The van der Waals surface area contributed by atoms with E-state index in [1.54, 1.807) is 0 Å². The minimum atomic E-state index is -0.650. The maximum atomic E-state index is 10.5. The lowest BCUT2D eigenvalue weighted by atomic mass is 9.71. The SMILES string of the molecule is CCCCC(CCCC)(CCCC)CCCCCCCCCCCCC(=O)O. The van der Waals surface area contributed by atoms with E-state index in [0.717, 1.165) is 12.8 Å². The molecular weight excluding hydrogens is 344 g/mol. The van der Waals surface area contributed by atoms with Crippen molar-refractivity contribution in [2.45, 2.75) is 156 Å². The van der Waals surface area contributed by atoms with Crippen LogP contribution in [-0.2, 0) is 4.79 Å². The molecule has 0 aromatic heterocycles. The molecule has 0 saturated heterocycles. The van der Waals surface area contributed by atoms with E-state index in [0.29, 0.717) is 11.8 Å². The highest BCUT2D eigenvalue weighted by atomic mass is 16.4. The van der Waals surface area contributed by atoms with Crippen LogP contribution in [0.15, 0.2) is 0 Å². The van der Waals surface area contributed by atoms with Crippen LogP contribution in [0.3, 0.4) is 0 Å². The Hall–Kier alpha value is -0.530. The van der Waals surface area contributed by atoms with Gasteiger partial charge in [0.2, 0.25) is 0 Å². The minimum absolute atomic E-state index is 0.344. The summed E-state index contributed by atoms with van der Waals surface area (Å²) in [4.78, 5) is 10.5. The minimum Gasteiger partial charge on any atom is -0.481 e. The molecule has 0 rings (SSSR count). The van der Waals surface area contributed by atoms with Crippen LogP contribution in [0.25, 0.3) is 0 Å². The third-order valence-electron chi connectivity index (χ3n) is 6.53. The van der Waals surface area contributed by atoms with Gasteiger partial charge in [0.05, 0.1) is 0 Å². The number of unbranched alkanes of at least 4 members (excludes halogenated alkanes) is 12. The molecule has 0 unspecified atom stereocenters. The Morgan fingerprint density at radius 3 is 1.21 bits per heavy atom. The molecule has 0 heterocycles. The molecule has 0 aliphatic carbocycles. The average Bonchev–Trinajstić information content (AvgIpc) is 2.69. The van der Waals surface area contributed by atoms with Gasteiger partial charge in [0.1, 0.15) is 0 Å². The molecule has 1 N–H and O–H groups in total. The van der Waals surface area contributed by atoms with E-state index in [1.807, 2.05) is 0 Å². The summed E-state index contributed by atoms with van der Waals surface area (Å²) in [5, 5.41) is 8.63. The average molecular weight is 397 g/mol. The lowest BCUT2D eigenvalue weighted by molar-refractivity contribution is -0.137. The van der Waals surface area contributed by atoms with E-state index in [2.05, 4.69) is 20.8 Å².